The lowest BCUT2D eigenvalue weighted by Crippen LogP contribution is -2.28. The molecule has 1 saturated heterocycles. The Morgan fingerprint density at radius 2 is 2.14 bits per heavy atom. The number of benzene rings is 1. The third-order valence-electron chi connectivity index (χ3n) is 5.78. The van der Waals surface area contributed by atoms with E-state index in [4.69, 9.17) is 4.74 Å². The van der Waals surface area contributed by atoms with Crippen molar-refractivity contribution >= 4 is 11.2 Å². The van der Waals surface area contributed by atoms with Gasteiger partial charge in [-0.05, 0) is 37.5 Å². The molecule has 2 unspecified atom stereocenters. The zero-order valence-electron chi connectivity index (χ0n) is 15.0. The van der Waals surface area contributed by atoms with Crippen molar-refractivity contribution in [3.8, 4) is 17.0 Å². The second-order valence-corrected chi connectivity index (χ2v) is 7.55. The molecule has 0 spiro atoms. The minimum absolute atomic E-state index is 0.0345. The van der Waals surface area contributed by atoms with Crippen LogP contribution in [0.5, 0.6) is 5.75 Å². The Kier molecular flexibility index (Phi) is 3.52. The average Bonchev–Trinajstić information content (AvgIpc) is 3.23. The summed E-state index contributed by atoms with van der Waals surface area (Å²) in [6, 6.07) is 1.71. The maximum Gasteiger partial charge on any atom is 0.416 e. The number of phenolic OH excluding ortho intramolecular Hbond substituents is 1. The molecule has 2 fully saturated rings. The molecule has 0 bridgehead atoms. The van der Waals surface area contributed by atoms with Crippen LogP contribution in [0.2, 0.25) is 0 Å². The first-order valence-electron chi connectivity index (χ1n) is 9.00. The number of rotatable bonds is 2. The number of alkyl halides is 3. The number of aromatic nitrogens is 4. The van der Waals surface area contributed by atoms with Crippen molar-refractivity contribution in [2.24, 2.45) is 5.92 Å². The van der Waals surface area contributed by atoms with E-state index in [1.54, 1.807) is 0 Å². The van der Waals surface area contributed by atoms with Gasteiger partial charge in [-0.25, -0.2) is 9.97 Å². The predicted octanol–water partition coefficient (Wildman–Crippen LogP) is 3.66. The van der Waals surface area contributed by atoms with Crippen LogP contribution < -0.4 is 0 Å². The first-order chi connectivity index (χ1) is 13.3. The summed E-state index contributed by atoms with van der Waals surface area (Å²) in [5.41, 5.74) is 0.868. The van der Waals surface area contributed by atoms with E-state index in [1.165, 1.54) is 13.1 Å². The first-order valence-corrected chi connectivity index (χ1v) is 9.00. The molecule has 2 atom stereocenters. The quantitative estimate of drug-likeness (QED) is 0.723. The molecule has 5 rings (SSSR count). The van der Waals surface area contributed by atoms with Crippen molar-refractivity contribution < 1.29 is 23.0 Å². The lowest BCUT2D eigenvalue weighted by molar-refractivity contribution is -0.137. The fourth-order valence-electron chi connectivity index (χ4n) is 4.17. The minimum atomic E-state index is -4.53. The Bertz CT molecular complexity index is 1070. The number of halogens is 3. The van der Waals surface area contributed by atoms with Gasteiger partial charge in [-0.2, -0.15) is 18.3 Å². The molecule has 1 aromatic carbocycles. The monoisotopic (exact) mass is 390 g/mol. The summed E-state index contributed by atoms with van der Waals surface area (Å²) < 4.78 is 46.3. The Morgan fingerprint density at radius 1 is 1.32 bits per heavy atom. The summed E-state index contributed by atoms with van der Waals surface area (Å²) in [7, 11) is 0. The van der Waals surface area contributed by atoms with Crippen molar-refractivity contribution in [3.63, 3.8) is 0 Å². The van der Waals surface area contributed by atoms with Crippen LogP contribution in [-0.2, 0) is 16.5 Å². The van der Waals surface area contributed by atoms with Crippen LogP contribution in [0.4, 0.5) is 13.2 Å². The van der Waals surface area contributed by atoms with E-state index in [-0.39, 0.29) is 16.7 Å². The number of nitrogens with zero attached hydrogens (tertiary/aromatic N) is 4. The molecule has 0 amide bonds. The van der Waals surface area contributed by atoms with E-state index < -0.39 is 17.5 Å². The van der Waals surface area contributed by atoms with Crippen molar-refractivity contribution in [3.05, 3.63) is 35.7 Å². The number of hydrogen-bond donors (Lipinski definition) is 1. The van der Waals surface area contributed by atoms with Gasteiger partial charge in [-0.3, -0.25) is 4.68 Å². The average molecular weight is 390 g/mol. The van der Waals surface area contributed by atoms with Crippen molar-refractivity contribution in [2.45, 2.75) is 31.5 Å². The number of fused-ring (bicyclic) bond motifs is 2. The third kappa shape index (κ3) is 2.56. The third-order valence-corrected chi connectivity index (χ3v) is 5.78. The van der Waals surface area contributed by atoms with Gasteiger partial charge in [0.25, 0.3) is 0 Å². The van der Waals surface area contributed by atoms with E-state index >= 15 is 0 Å². The highest BCUT2D eigenvalue weighted by Gasteiger charge is 2.58. The molecule has 6 nitrogen and oxygen atoms in total. The maximum atomic E-state index is 12.9. The fourth-order valence-corrected chi connectivity index (χ4v) is 4.17. The van der Waals surface area contributed by atoms with E-state index in [9.17, 15) is 18.3 Å². The van der Waals surface area contributed by atoms with Crippen LogP contribution in [0.3, 0.4) is 0 Å². The number of phenols is 1. The van der Waals surface area contributed by atoms with Gasteiger partial charge in [-0.1, -0.05) is 0 Å². The Morgan fingerprint density at radius 3 is 2.86 bits per heavy atom. The molecule has 0 radical (unpaired) electrons. The van der Waals surface area contributed by atoms with Crippen LogP contribution in [-0.4, -0.2) is 38.1 Å². The molecule has 9 heteroatoms. The summed E-state index contributed by atoms with van der Waals surface area (Å²) in [5.74, 6) is -0.0399. The van der Waals surface area contributed by atoms with Gasteiger partial charge in [0.05, 0.1) is 35.8 Å². The van der Waals surface area contributed by atoms with Crippen molar-refractivity contribution in [1.82, 2.24) is 19.7 Å². The van der Waals surface area contributed by atoms with Gasteiger partial charge in [0.1, 0.15) is 11.3 Å². The van der Waals surface area contributed by atoms with Crippen LogP contribution in [0.1, 0.15) is 24.0 Å². The smallest absolute Gasteiger partial charge is 0.416 e. The summed E-state index contributed by atoms with van der Waals surface area (Å²) in [4.78, 5) is 8.82. The summed E-state index contributed by atoms with van der Waals surface area (Å²) >= 11 is 0. The number of aromatic hydroxyl groups is 1. The Hall–Kier alpha value is -2.68. The molecule has 1 saturated carbocycles. The second-order valence-electron chi connectivity index (χ2n) is 7.55. The van der Waals surface area contributed by atoms with Gasteiger partial charge >= 0.3 is 6.18 Å². The molecule has 28 heavy (non-hydrogen) atoms. The molecular formula is C19H17F3N4O2. The van der Waals surface area contributed by atoms with Crippen LogP contribution >= 0.6 is 0 Å². The van der Waals surface area contributed by atoms with E-state index in [1.807, 2.05) is 10.9 Å². The lowest BCUT2D eigenvalue weighted by Gasteiger charge is -2.22. The topological polar surface area (TPSA) is 73.1 Å². The SMILES string of the molecule is Cc1cc(C(F)(F)F)cc(O)c1-c1cnc2cn(C34CCOCC3C4)nc2n1. The molecule has 3 aromatic rings. The maximum absolute atomic E-state index is 12.9. The zero-order chi connectivity index (χ0) is 19.7. The lowest BCUT2D eigenvalue weighted by atomic mass is 10.0. The molecule has 2 aromatic heterocycles. The standard InChI is InChI=1S/C19H17F3N4O2/c1-10-4-11(19(20,21)22)5-15(27)16(10)13-7-23-14-8-26(25-17(14)24-13)18-2-3-28-9-12(18)6-18/h4-5,7-8,12,27H,2-3,6,9H2,1H3. The van der Waals surface area contributed by atoms with Gasteiger partial charge in [0.2, 0.25) is 0 Å². The molecule has 3 heterocycles. The predicted molar refractivity (Wildman–Crippen MR) is 93.7 cm³/mol. The normalized spacial score (nSPS) is 24.4. The number of aryl methyl sites for hydroxylation is 1. The summed E-state index contributed by atoms with van der Waals surface area (Å²) in [6.07, 6.45) is 0.676. The van der Waals surface area contributed by atoms with E-state index in [0.29, 0.717) is 35.4 Å². The zero-order valence-corrected chi connectivity index (χ0v) is 15.0. The van der Waals surface area contributed by atoms with Crippen molar-refractivity contribution in [2.75, 3.05) is 13.2 Å². The fraction of sp³-hybridized carbons (Fsp3) is 0.421. The minimum Gasteiger partial charge on any atom is -0.507 e. The van der Waals surface area contributed by atoms with Crippen molar-refractivity contribution in [1.29, 1.82) is 0 Å². The Balaban J connectivity index is 1.56. The first kappa shape index (κ1) is 17.4. The van der Waals surface area contributed by atoms with Gasteiger partial charge < -0.3 is 9.84 Å². The highest BCUT2D eigenvalue weighted by molar-refractivity contribution is 5.77. The van der Waals surface area contributed by atoms with Gasteiger partial charge in [0, 0.05) is 18.1 Å². The Labute approximate surface area is 158 Å². The molecule has 1 N–H and O–H groups in total. The van der Waals surface area contributed by atoms with E-state index in [2.05, 4.69) is 15.1 Å². The van der Waals surface area contributed by atoms with Gasteiger partial charge in [-0.15, -0.1) is 0 Å². The molecular weight excluding hydrogens is 373 g/mol. The summed E-state index contributed by atoms with van der Waals surface area (Å²) in [6.45, 7) is 2.92. The highest BCUT2D eigenvalue weighted by atomic mass is 19.4. The van der Waals surface area contributed by atoms with Crippen LogP contribution in [0.25, 0.3) is 22.4 Å². The molecule has 1 aliphatic heterocycles. The summed E-state index contributed by atoms with van der Waals surface area (Å²) in [5, 5.41) is 14.8. The molecule has 1 aliphatic carbocycles. The van der Waals surface area contributed by atoms with Gasteiger partial charge in [0.15, 0.2) is 5.65 Å². The van der Waals surface area contributed by atoms with Crippen LogP contribution in [0, 0.1) is 12.8 Å². The largest absolute Gasteiger partial charge is 0.507 e. The second kappa shape index (κ2) is 5.66. The molecule has 146 valence electrons. The van der Waals surface area contributed by atoms with Crippen LogP contribution in [0.15, 0.2) is 24.5 Å². The number of hydrogen-bond acceptors (Lipinski definition) is 5. The number of ether oxygens (including phenoxy) is 1. The van der Waals surface area contributed by atoms with E-state index in [0.717, 1.165) is 25.5 Å². The molecule has 2 aliphatic rings. The highest BCUT2D eigenvalue weighted by Crippen LogP contribution is 2.55.